The van der Waals surface area contributed by atoms with Crippen LogP contribution in [0.15, 0.2) is 48.5 Å². The van der Waals surface area contributed by atoms with Crippen LogP contribution in [0.25, 0.3) is 32.3 Å². The van der Waals surface area contributed by atoms with Gasteiger partial charge in [0, 0.05) is 16.1 Å². The summed E-state index contributed by atoms with van der Waals surface area (Å²) in [7, 11) is -2.49. The fourth-order valence-corrected chi connectivity index (χ4v) is 8.88. The van der Waals surface area contributed by atoms with Crippen molar-refractivity contribution in [2.45, 2.75) is 104 Å². The lowest BCUT2D eigenvalue weighted by Crippen LogP contribution is -2.28. The van der Waals surface area contributed by atoms with Crippen LogP contribution in [0.1, 0.15) is 61.8 Å². The van der Waals surface area contributed by atoms with E-state index in [1.165, 1.54) is 72.2 Å². The zero-order valence-electron chi connectivity index (χ0n) is 24.3. The van der Waals surface area contributed by atoms with Crippen LogP contribution in [0.4, 0.5) is 0 Å². The van der Waals surface area contributed by atoms with Gasteiger partial charge in [-0.25, -0.2) is 0 Å². The van der Waals surface area contributed by atoms with Crippen molar-refractivity contribution in [1.29, 1.82) is 0 Å². The molecule has 36 heavy (non-hydrogen) atoms. The summed E-state index contributed by atoms with van der Waals surface area (Å²) in [6, 6.07) is 21.9. The van der Waals surface area contributed by atoms with E-state index < -0.39 is 16.1 Å². The van der Waals surface area contributed by atoms with Crippen LogP contribution < -0.4 is 0 Å². The van der Waals surface area contributed by atoms with Crippen molar-refractivity contribution in [3.63, 3.8) is 0 Å². The highest BCUT2D eigenvalue weighted by Crippen LogP contribution is 2.39. The third kappa shape index (κ3) is 6.14. The van der Waals surface area contributed by atoms with Gasteiger partial charge in [-0.1, -0.05) is 102 Å². The van der Waals surface area contributed by atoms with E-state index in [4.69, 9.17) is 0 Å². The summed E-state index contributed by atoms with van der Waals surface area (Å²) in [6.45, 7) is 19.9. The highest BCUT2D eigenvalue weighted by Gasteiger charge is 2.23. The molecular formula is C34H48Si2. The number of benzene rings is 4. The largest absolute Gasteiger partial charge is 0.0693 e. The van der Waals surface area contributed by atoms with E-state index in [1.807, 2.05) is 0 Å². The normalized spacial score (nSPS) is 12.8. The number of rotatable bonds is 10. The van der Waals surface area contributed by atoms with Gasteiger partial charge in [0.05, 0.1) is 0 Å². The molecule has 0 atom stereocenters. The second kappa shape index (κ2) is 10.8. The van der Waals surface area contributed by atoms with Crippen molar-refractivity contribution < 1.29 is 0 Å². The molecule has 0 radical (unpaired) electrons. The van der Waals surface area contributed by atoms with Gasteiger partial charge >= 0.3 is 0 Å². The standard InChI is InChI=1S/C34H48Si2/c1-9-11-17-29-31-19-25-15-13-14-16-26(25)20-32(31)30(18-12-10-2)34-22-28(24-36(6,7)8)27(21-33(29)34)23-35(3,4)5/h13-16,19-22H,9-12,17-18,23-24H2,1-8H3. The van der Waals surface area contributed by atoms with Crippen LogP contribution in [-0.2, 0) is 24.9 Å². The quantitative estimate of drug-likeness (QED) is 0.146. The topological polar surface area (TPSA) is 0 Å². The summed E-state index contributed by atoms with van der Waals surface area (Å²) in [5, 5.41) is 8.90. The molecule has 2 heteroatoms. The zero-order valence-corrected chi connectivity index (χ0v) is 26.3. The first-order valence-electron chi connectivity index (χ1n) is 14.4. The van der Waals surface area contributed by atoms with Crippen molar-refractivity contribution in [1.82, 2.24) is 0 Å². The van der Waals surface area contributed by atoms with Crippen molar-refractivity contribution >= 4 is 48.5 Å². The van der Waals surface area contributed by atoms with E-state index in [9.17, 15) is 0 Å². The van der Waals surface area contributed by atoms with Crippen molar-refractivity contribution in [3.05, 3.63) is 70.8 Å². The predicted molar refractivity (Wildman–Crippen MR) is 170 cm³/mol. The minimum atomic E-state index is -1.24. The minimum Gasteiger partial charge on any atom is -0.0693 e. The lowest BCUT2D eigenvalue weighted by molar-refractivity contribution is 0.797. The summed E-state index contributed by atoms with van der Waals surface area (Å²) in [4.78, 5) is 0. The molecule has 0 aliphatic rings. The molecule has 4 aromatic carbocycles. The van der Waals surface area contributed by atoms with Gasteiger partial charge in [-0.05, 0) is 104 Å². The fourth-order valence-electron chi connectivity index (χ4n) is 5.94. The van der Waals surface area contributed by atoms with Gasteiger partial charge in [0.1, 0.15) is 0 Å². The van der Waals surface area contributed by atoms with Gasteiger partial charge in [0.2, 0.25) is 0 Å². The van der Waals surface area contributed by atoms with E-state index in [0.717, 1.165) is 0 Å². The molecule has 0 fully saturated rings. The number of fused-ring (bicyclic) bond motifs is 3. The Kier molecular flexibility index (Phi) is 8.17. The van der Waals surface area contributed by atoms with Crippen LogP contribution in [0.3, 0.4) is 0 Å². The first-order chi connectivity index (χ1) is 17.0. The highest BCUT2D eigenvalue weighted by atomic mass is 28.3. The molecule has 0 saturated carbocycles. The minimum absolute atomic E-state index is 1.18. The molecule has 0 aromatic heterocycles. The molecule has 0 saturated heterocycles. The van der Waals surface area contributed by atoms with Crippen molar-refractivity contribution in [3.8, 4) is 0 Å². The molecule has 0 heterocycles. The summed E-state index contributed by atoms with van der Waals surface area (Å²) < 4.78 is 0. The third-order valence-corrected chi connectivity index (χ3v) is 10.4. The van der Waals surface area contributed by atoms with Crippen LogP contribution in [0, 0.1) is 0 Å². The Morgan fingerprint density at radius 2 is 0.889 bits per heavy atom. The van der Waals surface area contributed by atoms with E-state index in [0.29, 0.717) is 0 Å². The maximum Gasteiger partial charge on any atom is 0.0487 e. The molecule has 4 rings (SSSR count). The maximum atomic E-state index is 2.68. The Bertz CT molecular complexity index is 1260. The highest BCUT2D eigenvalue weighted by molar-refractivity contribution is 6.76. The van der Waals surface area contributed by atoms with Gasteiger partial charge in [-0.15, -0.1) is 0 Å². The van der Waals surface area contributed by atoms with Crippen LogP contribution in [-0.4, -0.2) is 16.1 Å². The number of hydrogen-bond donors (Lipinski definition) is 0. The zero-order chi connectivity index (χ0) is 26.1. The summed E-state index contributed by atoms with van der Waals surface area (Å²) in [5.74, 6) is 0. The SMILES string of the molecule is CCCCc1c2cc(C[Si](C)(C)C)c(C[Si](C)(C)C)cc2c(CCCC)c2cc3ccccc3cc12. The Morgan fingerprint density at radius 3 is 1.22 bits per heavy atom. The van der Waals surface area contributed by atoms with E-state index >= 15 is 0 Å². The fraction of sp³-hybridized carbons (Fsp3) is 0.471. The predicted octanol–water partition coefficient (Wildman–Crippen LogP) is 10.7. The lowest BCUT2D eigenvalue weighted by atomic mass is 9.85. The number of aryl methyl sites for hydroxylation is 2. The summed E-state index contributed by atoms with van der Waals surface area (Å²) in [6.07, 6.45) is 7.34. The second-order valence-corrected chi connectivity index (χ2v) is 24.5. The number of unbranched alkanes of at least 4 members (excludes halogenated alkanes) is 2. The molecule has 0 N–H and O–H groups in total. The Morgan fingerprint density at radius 1 is 0.528 bits per heavy atom. The first-order valence-corrected chi connectivity index (χ1v) is 21.8. The van der Waals surface area contributed by atoms with Gasteiger partial charge in [-0.3, -0.25) is 0 Å². The monoisotopic (exact) mass is 512 g/mol. The van der Waals surface area contributed by atoms with Gasteiger partial charge < -0.3 is 0 Å². The van der Waals surface area contributed by atoms with Crippen molar-refractivity contribution in [2.24, 2.45) is 0 Å². The Labute approximate surface area is 222 Å². The van der Waals surface area contributed by atoms with Gasteiger partial charge in [0.25, 0.3) is 0 Å². The van der Waals surface area contributed by atoms with E-state index in [-0.39, 0.29) is 0 Å². The molecule has 0 amide bonds. The molecule has 0 bridgehead atoms. The van der Waals surface area contributed by atoms with E-state index in [1.54, 1.807) is 33.0 Å². The molecule has 4 aromatic rings. The average molecular weight is 513 g/mol. The molecule has 0 aliphatic carbocycles. The third-order valence-electron chi connectivity index (χ3n) is 7.53. The van der Waals surface area contributed by atoms with Gasteiger partial charge in [-0.2, -0.15) is 0 Å². The van der Waals surface area contributed by atoms with Crippen LogP contribution in [0.2, 0.25) is 39.3 Å². The van der Waals surface area contributed by atoms with Crippen LogP contribution in [0.5, 0.6) is 0 Å². The first kappa shape index (κ1) is 27.1. The molecule has 0 spiro atoms. The average Bonchev–Trinajstić information content (AvgIpc) is 2.79. The molecule has 192 valence electrons. The number of hydrogen-bond acceptors (Lipinski definition) is 0. The summed E-state index contributed by atoms with van der Waals surface area (Å²) >= 11 is 0. The molecule has 0 nitrogen and oxygen atoms in total. The van der Waals surface area contributed by atoms with Gasteiger partial charge in [0.15, 0.2) is 0 Å². The van der Waals surface area contributed by atoms with Crippen LogP contribution >= 0.6 is 0 Å². The smallest absolute Gasteiger partial charge is 0.0487 e. The maximum absolute atomic E-state index is 2.68. The molecule has 0 aliphatic heterocycles. The van der Waals surface area contributed by atoms with E-state index in [2.05, 4.69) is 102 Å². The Balaban J connectivity index is 2.14. The molecule has 0 unspecified atom stereocenters. The lowest BCUT2D eigenvalue weighted by Gasteiger charge is -2.25. The molecular weight excluding hydrogens is 465 g/mol. The van der Waals surface area contributed by atoms with Crippen molar-refractivity contribution in [2.75, 3.05) is 0 Å². The summed E-state index contributed by atoms with van der Waals surface area (Å²) in [5.41, 5.74) is 6.51. The Hall–Kier alpha value is -1.91. The second-order valence-electron chi connectivity index (χ2n) is 13.6.